The fourth-order valence-corrected chi connectivity index (χ4v) is 6.44. The molecule has 4 rings (SSSR count). The summed E-state index contributed by atoms with van der Waals surface area (Å²) in [5, 5.41) is 12.2. The second-order valence-electron chi connectivity index (χ2n) is 9.78. The molecule has 25 heavy (non-hydrogen) atoms. The Labute approximate surface area is 153 Å². The molecule has 0 radical (unpaired) electrons. The van der Waals surface area contributed by atoms with E-state index in [1.807, 2.05) is 0 Å². The van der Waals surface area contributed by atoms with Crippen LogP contribution >= 0.6 is 0 Å². The highest BCUT2D eigenvalue weighted by molar-refractivity contribution is 5.20. The minimum atomic E-state index is -0.0309. The van der Waals surface area contributed by atoms with Crippen LogP contribution in [0.25, 0.3) is 0 Å². The van der Waals surface area contributed by atoms with Gasteiger partial charge in [-0.15, -0.1) is 0 Å². The summed E-state index contributed by atoms with van der Waals surface area (Å²) in [5.74, 6) is 0.762. The molecule has 1 N–H and O–H groups in total. The van der Waals surface area contributed by atoms with Crippen molar-refractivity contribution in [2.45, 2.75) is 104 Å². The average Bonchev–Trinajstić information content (AvgIpc) is 3.21. The predicted octanol–water partition coefficient (Wildman–Crippen LogP) is 4.12. The van der Waals surface area contributed by atoms with Crippen molar-refractivity contribution in [2.24, 2.45) is 22.7 Å². The Morgan fingerprint density at radius 1 is 1.12 bits per heavy atom. The van der Waals surface area contributed by atoms with Gasteiger partial charge in [-0.1, -0.05) is 59.8 Å². The van der Waals surface area contributed by atoms with Gasteiger partial charge in [0, 0.05) is 5.41 Å². The van der Waals surface area contributed by atoms with Crippen molar-refractivity contribution < 1.29 is 14.7 Å². The normalized spacial score (nSPS) is 47.4. The Bertz CT molecular complexity index is 496. The van der Waals surface area contributed by atoms with E-state index < -0.39 is 0 Å². The number of ether oxygens (including phenoxy) is 1. The van der Waals surface area contributed by atoms with Crippen molar-refractivity contribution >= 4 is 0 Å². The SMILES string of the molecule is CCCCCCC[C@@H]1ON2[C@@H]3[C@H]4CC[C@@](C)([C@@H]3O[C@H]2[C@H]1CO)C4(C)C. The lowest BCUT2D eigenvalue weighted by Crippen LogP contribution is -2.42. The highest BCUT2D eigenvalue weighted by Crippen LogP contribution is 2.70. The van der Waals surface area contributed by atoms with Crippen LogP contribution in [0.15, 0.2) is 0 Å². The molecule has 2 heterocycles. The van der Waals surface area contributed by atoms with Crippen molar-refractivity contribution in [1.29, 1.82) is 0 Å². The fraction of sp³-hybridized carbons (Fsp3) is 1.00. The Morgan fingerprint density at radius 3 is 2.60 bits per heavy atom. The van der Waals surface area contributed by atoms with Crippen molar-refractivity contribution in [2.75, 3.05) is 6.61 Å². The number of nitrogens with zero attached hydrogens (tertiary/aromatic N) is 1. The lowest BCUT2D eigenvalue weighted by molar-refractivity contribution is -0.197. The Kier molecular flexibility index (Phi) is 4.71. The number of hydrogen-bond acceptors (Lipinski definition) is 4. The molecule has 2 aliphatic heterocycles. The topological polar surface area (TPSA) is 41.9 Å². The molecule has 4 fully saturated rings. The molecule has 0 amide bonds. The molecule has 2 saturated heterocycles. The Balaban J connectivity index is 1.43. The molecule has 4 aliphatic rings. The van der Waals surface area contributed by atoms with Crippen molar-refractivity contribution in [1.82, 2.24) is 5.06 Å². The number of hydrogen-bond donors (Lipinski definition) is 1. The molecule has 0 aromatic rings. The smallest absolute Gasteiger partial charge is 0.141 e. The number of hydroxylamine groups is 2. The second-order valence-corrected chi connectivity index (χ2v) is 9.78. The summed E-state index contributed by atoms with van der Waals surface area (Å²) in [4.78, 5) is 6.45. The molecule has 2 aliphatic carbocycles. The molecule has 2 bridgehead atoms. The number of aliphatic hydroxyl groups excluding tert-OH is 1. The number of aliphatic hydroxyl groups is 1. The lowest BCUT2D eigenvalue weighted by Gasteiger charge is -2.38. The number of unbranched alkanes of at least 4 members (excludes halogenated alkanes) is 4. The second kappa shape index (κ2) is 6.47. The monoisotopic (exact) mass is 351 g/mol. The summed E-state index contributed by atoms with van der Waals surface area (Å²) >= 11 is 0. The van der Waals surface area contributed by atoms with Crippen LogP contribution in [0.3, 0.4) is 0 Å². The summed E-state index contributed by atoms with van der Waals surface area (Å²) in [7, 11) is 0. The highest BCUT2D eigenvalue weighted by Gasteiger charge is 2.73. The van der Waals surface area contributed by atoms with Gasteiger partial charge in [-0.2, -0.15) is 5.06 Å². The van der Waals surface area contributed by atoms with E-state index in [-0.39, 0.29) is 36.4 Å². The van der Waals surface area contributed by atoms with Crippen LogP contribution in [-0.4, -0.2) is 41.3 Å². The fourth-order valence-electron chi connectivity index (χ4n) is 6.44. The molecular formula is C21H37NO3. The first-order valence-electron chi connectivity index (χ1n) is 10.7. The van der Waals surface area contributed by atoms with Gasteiger partial charge in [-0.3, -0.25) is 4.84 Å². The van der Waals surface area contributed by atoms with E-state index in [2.05, 4.69) is 32.8 Å². The van der Waals surface area contributed by atoms with Crippen molar-refractivity contribution in [3.63, 3.8) is 0 Å². The molecular weight excluding hydrogens is 314 g/mol. The molecule has 0 aromatic carbocycles. The summed E-state index contributed by atoms with van der Waals surface area (Å²) in [6.45, 7) is 9.68. The zero-order chi connectivity index (χ0) is 17.8. The maximum atomic E-state index is 10.0. The van der Waals surface area contributed by atoms with Gasteiger partial charge in [0.25, 0.3) is 0 Å². The maximum Gasteiger partial charge on any atom is 0.141 e. The van der Waals surface area contributed by atoms with E-state index in [9.17, 15) is 5.11 Å². The minimum Gasteiger partial charge on any atom is -0.396 e. The van der Waals surface area contributed by atoms with E-state index in [0.29, 0.717) is 17.4 Å². The molecule has 2 saturated carbocycles. The van der Waals surface area contributed by atoms with Gasteiger partial charge >= 0.3 is 0 Å². The third-order valence-corrected chi connectivity index (χ3v) is 8.46. The third-order valence-electron chi connectivity index (χ3n) is 8.46. The summed E-state index contributed by atoms with van der Waals surface area (Å²) < 4.78 is 6.60. The molecule has 0 aromatic heterocycles. The van der Waals surface area contributed by atoms with Gasteiger partial charge in [0.05, 0.1) is 30.8 Å². The van der Waals surface area contributed by atoms with Crippen LogP contribution in [0.5, 0.6) is 0 Å². The summed E-state index contributed by atoms with van der Waals surface area (Å²) in [6.07, 6.45) is 10.4. The van der Waals surface area contributed by atoms with Gasteiger partial charge in [0.2, 0.25) is 0 Å². The van der Waals surface area contributed by atoms with Gasteiger partial charge in [-0.05, 0) is 30.6 Å². The quantitative estimate of drug-likeness (QED) is 0.701. The zero-order valence-corrected chi connectivity index (χ0v) is 16.5. The van der Waals surface area contributed by atoms with Crippen LogP contribution in [0.4, 0.5) is 0 Å². The third kappa shape index (κ3) is 2.47. The van der Waals surface area contributed by atoms with Gasteiger partial charge in [-0.25, -0.2) is 0 Å². The predicted molar refractivity (Wildman–Crippen MR) is 97.7 cm³/mol. The molecule has 4 heteroatoms. The first-order valence-corrected chi connectivity index (χ1v) is 10.7. The summed E-state index contributed by atoms with van der Waals surface area (Å²) in [5.41, 5.74) is 0.551. The Morgan fingerprint density at radius 2 is 1.88 bits per heavy atom. The van der Waals surface area contributed by atoms with E-state index in [0.717, 1.165) is 6.42 Å². The largest absolute Gasteiger partial charge is 0.396 e. The molecule has 0 unspecified atom stereocenters. The lowest BCUT2D eigenvalue weighted by atomic mass is 9.70. The van der Waals surface area contributed by atoms with E-state index in [1.165, 1.54) is 44.9 Å². The molecule has 7 atom stereocenters. The van der Waals surface area contributed by atoms with Crippen LogP contribution in [0, 0.1) is 22.7 Å². The van der Waals surface area contributed by atoms with Crippen LogP contribution in [0.2, 0.25) is 0 Å². The average molecular weight is 352 g/mol. The van der Waals surface area contributed by atoms with Gasteiger partial charge in [0.1, 0.15) is 6.23 Å². The van der Waals surface area contributed by atoms with E-state index in [1.54, 1.807) is 0 Å². The molecule has 4 nitrogen and oxygen atoms in total. The van der Waals surface area contributed by atoms with Crippen molar-refractivity contribution in [3.8, 4) is 0 Å². The number of rotatable bonds is 7. The van der Waals surface area contributed by atoms with E-state index >= 15 is 0 Å². The van der Waals surface area contributed by atoms with Gasteiger partial charge in [0.15, 0.2) is 0 Å². The Hall–Kier alpha value is -0.160. The zero-order valence-electron chi connectivity index (χ0n) is 16.5. The maximum absolute atomic E-state index is 10.0. The van der Waals surface area contributed by atoms with Crippen LogP contribution < -0.4 is 0 Å². The number of fused-ring (bicyclic) bond motifs is 7. The summed E-state index contributed by atoms with van der Waals surface area (Å²) in [6, 6.07) is 0.387. The highest BCUT2D eigenvalue weighted by atomic mass is 16.8. The van der Waals surface area contributed by atoms with Gasteiger partial charge < -0.3 is 9.84 Å². The van der Waals surface area contributed by atoms with Crippen LogP contribution in [-0.2, 0) is 9.57 Å². The van der Waals surface area contributed by atoms with E-state index in [4.69, 9.17) is 9.57 Å². The first kappa shape index (κ1) is 18.2. The van der Waals surface area contributed by atoms with Crippen LogP contribution in [0.1, 0.15) is 79.1 Å². The minimum absolute atomic E-state index is 0.0309. The first-order chi connectivity index (χ1) is 12.0. The molecule has 144 valence electrons. The molecule has 0 spiro atoms. The van der Waals surface area contributed by atoms with Crippen molar-refractivity contribution in [3.05, 3.63) is 0 Å². The standard InChI is InChI=1S/C21H37NO3/c1-5-6-7-8-9-10-16-14(13-23)19-22(25-16)17-15-11-12-21(4,18(17)24-19)20(15,2)3/h14-19,23H,5-13H2,1-4H3/t14-,15+,16-,17+,18+,19-,21-/m0/s1.